The van der Waals surface area contributed by atoms with Gasteiger partial charge in [-0.3, -0.25) is 4.79 Å². The van der Waals surface area contributed by atoms with Crippen LogP contribution in [0, 0.1) is 45.3 Å². The van der Waals surface area contributed by atoms with Gasteiger partial charge in [-0.05, 0) is 97.2 Å². The molecule has 8 atom stereocenters. The van der Waals surface area contributed by atoms with E-state index in [1.165, 1.54) is 5.57 Å². The van der Waals surface area contributed by atoms with Crippen molar-refractivity contribution < 1.29 is 15.0 Å². The van der Waals surface area contributed by atoms with Crippen LogP contribution in [-0.4, -0.2) is 28.2 Å². The van der Waals surface area contributed by atoms with Crippen LogP contribution < -0.4 is 0 Å². The van der Waals surface area contributed by atoms with Crippen molar-refractivity contribution >= 4 is 5.78 Å². The van der Waals surface area contributed by atoms with Gasteiger partial charge in [-0.15, -0.1) is 0 Å². The Morgan fingerprint density at radius 1 is 0.750 bits per heavy atom. The molecule has 3 heteroatoms. The number of hydrogen-bond donors (Lipinski definition) is 2. The van der Waals surface area contributed by atoms with Gasteiger partial charge < -0.3 is 10.2 Å². The van der Waals surface area contributed by atoms with E-state index in [1.807, 2.05) is 0 Å². The van der Waals surface area contributed by atoms with Crippen molar-refractivity contribution in [3.8, 4) is 0 Å². The predicted octanol–water partition coefficient (Wildman–Crippen LogP) is 6.32. The molecule has 0 aliphatic heterocycles. The van der Waals surface area contributed by atoms with Crippen LogP contribution >= 0.6 is 0 Å². The highest BCUT2D eigenvalue weighted by molar-refractivity contribution is 5.82. The van der Waals surface area contributed by atoms with E-state index < -0.39 is 0 Å². The van der Waals surface area contributed by atoms with Gasteiger partial charge in [-0.2, -0.15) is 0 Å². The number of rotatable bonds is 3. The number of allylic oxidation sites excluding steroid dienone is 1. The Morgan fingerprint density at radius 3 is 1.72 bits per heavy atom. The molecule has 182 valence electrons. The van der Waals surface area contributed by atoms with Gasteiger partial charge in [0.05, 0.1) is 12.2 Å². The van der Waals surface area contributed by atoms with Crippen molar-refractivity contribution in [1.82, 2.24) is 0 Å². The first kappa shape index (κ1) is 24.5. The van der Waals surface area contributed by atoms with Gasteiger partial charge in [-0.1, -0.05) is 53.7 Å². The highest BCUT2D eigenvalue weighted by Crippen LogP contribution is 2.64. The molecule has 0 aromatic heterocycles. The molecule has 0 spiro atoms. The highest BCUT2D eigenvalue weighted by Gasteiger charge is 2.59. The second-order valence-electron chi connectivity index (χ2n) is 13.8. The third-order valence-corrected chi connectivity index (χ3v) is 11.7. The molecular weight excluding hydrogens is 396 g/mol. The van der Waals surface area contributed by atoms with Crippen LogP contribution in [0.3, 0.4) is 0 Å². The van der Waals surface area contributed by atoms with Crippen LogP contribution in [0.1, 0.15) is 106 Å². The van der Waals surface area contributed by atoms with E-state index in [2.05, 4.69) is 48.1 Å². The topological polar surface area (TPSA) is 57.5 Å². The molecule has 3 nitrogen and oxygen atoms in total. The molecule has 0 aromatic rings. The lowest BCUT2D eigenvalue weighted by atomic mass is 9.45. The first-order valence-electron chi connectivity index (χ1n) is 13.3. The summed E-state index contributed by atoms with van der Waals surface area (Å²) >= 11 is 0. The second-order valence-corrected chi connectivity index (χ2v) is 13.8. The van der Waals surface area contributed by atoms with Crippen LogP contribution in [0.2, 0.25) is 0 Å². The maximum atomic E-state index is 13.3. The summed E-state index contributed by atoms with van der Waals surface area (Å²) in [5.41, 5.74) is 1.35. The van der Waals surface area contributed by atoms with E-state index >= 15 is 0 Å². The zero-order chi connectivity index (χ0) is 23.7. The minimum atomic E-state index is -0.261. The molecule has 32 heavy (non-hydrogen) atoms. The average Bonchev–Trinajstić information content (AvgIpc) is 2.69. The average molecular weight is 445 g/mol. The maximum Gasteiger partial charge on any atom is 0.136 e. The molecule has 4 aliphatic carbocycles. The standard InChI is InChI=1S/C29H48O3/c1-18-8-12-22-26(2,3)24(31)14-16-28(22,6)19(18)9-10-20-21(30)11-13-23-27(4,5)25(32)15-17-29(20,23)7/h19-20,22-25,31-32H,1,8-17H2,2-7H3/t19?,20?,22-,23-,24?,25?,28+,29+/m0/s1. The molecule has 2 N–H and O–H groups in total. The zero-order valence-corrected chi connectivity index (χ0v) is 21.5. The Labute approximate surface area is 196 Å². The SMILES string of the molecule is C=C1CC[C@H]2C(C)(C)C(O)CC[C@]2(C)C1CCC1C(=O)CC[C@H]2C(C)(C)C(O)CC[C@]12C. The fraction of sp³-hybridized carbons (Fsp3) is 0.897. The number of ketones is 1. The molecule has 0 amide bonds. The lowest BCUT2D eigenvalue weighted by Crippen LogP contribution is -2.57. The fourth-order valence-electron chi connectivity index (χ4n) is 9.55. The minimum absolute atomic E-state index is 0.00357. The molecule has 0 aromatic carbocycles. The van der Waals surface area contributed by atoms with Crippen molar-refractivity contribution in [3.63, 3.8) is 0 Å². The summed E-state index contributed by atoms with van der Waals surface area (Å²) in [4.78, 5) is 13.3. The van der Waals surface area contributed by atoms with Gasteiger partial charge in [0, 0.05) is 12.3 Å². The second kappa shape index (κ2) is 7.94. The quantitative estimate of drug-likeness (QED) is 0.501. The maximum absolute atomic E-state index is 13.3. The van der Waals surface area contributed by atoms with Gasteiger partial charge in [0.15, 0.2) is 0 Å². The van der Waals surface area contributed by atoms with Crippen molar-refractivity contribution in [2.75, 3.05) is 0 Å². The third kappa shape index (κ3) is 3.47. The predicted molar refractivity (Wildman–Crippen MR) is 130 cm³/mol. The summed E-state index contributed by atoms with van der Waals surface area (Å²) in [6, 6.07) is 0. The third-order valence-electron chi connectivity index (χ3n) is 11.7. The Kier molecular flexibility index (Phi) is 6.07. The van der Waals surface area contributed by atoms with E-state index in [-0.39, 0.29) is 39.8 Å². The van der Waals surface area contributed by atoms with Crippen LogP contribution in [-0.2, 0) is 4.79 Å². The van der Waals surface area contributed by atoms with E-state index in [1.54, 1.807) is 0 Å². The van der Waals surface area contributed by atoms with Crippen molar-refractivity contribution in [2.24, 2.45) is 45.3 Å². The summed E-state index contributed by atoms with van der Waals surface area (Å²) in [7, 11) is 0. The number of carbonyl (C=O) groups excluding carboxylic acids is 1. The summed E-state index contributed by atoms with van der Waals surface area (Å²) in [6.45, 7) is 18.3. The summed E-state index contributed by atoms with van der Waals surface area (Å²) in [6.07, 6.45) is 9.00. The molecule has 4 aliphatic rings. The normalized spacial score (nSPS) is 48.1. The molecule has 0 heterocycles. The van der Waals surface area contributed by atoms with Gasteiger partial charge in [0.2, 0.25) is 0 Å². The van der Waals surface area contributed by atoms with Gasteiger partial charge in [0.25, 0.3) is 0 Å². The van der Waals surface area contributed by atoms with E-state index in [4.69, 9.17) is 0 Å². The Hall–Kier alpha value is -0.670. The highest BCUT2D eigenvalue weighted by atomic mass is 16.3. The molecule has 0 saturated heterocycles. The molecule has 0 radical (unpaired) electrons. The smallest absolute Gasteiger partial charge is 0.136 e. The summed E-state index contributed by atoms with van der Waals surface area (Å²) in [5, 5.41) is 21.5. The fourth-order valence-corrected chi connectivity index (χ4v) is 9.55. The van der Waals surface area contributed by atoms with Crippen LogP contribution in [0.15, 0.2) is 12.2 Å². The van der Waals surface area contributed by atoms with Crippen LogP contribution in [0.25, 0.3) is 0 Å². The lowest BCUT2D eigenvalue weighted by Gasteiger charge is -2.60. The number of aliphatic hydroxyl groups is 2. The Morgan fingerprint density at radius 2 is 1.19 bits per heavy atom. The molecule has 4 saturated carbocycles. The molecule has 0 bridgehead atoms. The number of Topliss-reactive ketones (excluding diaryl/α,β-unsaturated/α-hetero) is 1. The monoisotopic (exact) mass is 444 g/mol. The van der Waals surface area contributed by atoms with E-state index in [0.29, 0.717) is 30.0 Å². The molecular formula is C29H48O3. The lowest BCUT2D eigenvalue weighted by molar-refractivity contribution is -0.160. The van der Waals surface area contributed by atoms with E-state index in [9.17, 15) is 15.0 Å². The van der Waals surface area contributed by atoms with Crippen molar-refractivity contribution in [1.29, 1.82) is 0 Å². The largest absolute Gasteiger partial charge is 0.393 e. The van der Waals surface area contributed by atoms with E-state index in [0.717, 1.165) is 57.8 Å². The Bertz CT molecular complexity index is 702. The zero-order valence-electron chi connectivity index (χ0n) is 21.5. The molecule has 4 rings (SSSR count). The van der Waals surface area contributed by atoms with Crippen molar-refractivity contribution in [2.45, 2.75) is 118 Å². The van der Waals surface area contributed by atoms with Gasteiger partial charge in [-0.25, -0.2) is 0 Å². The summed E-state index contributed by atoms with van der Waals surface area (Å²) in [5.74, 6) is 1.91. The number of aliphatic hydroxyl groups excluding tert-OH is 2. The number of carbonyl (C=O) groups is 1. The van der Waals surface area contributed by atoms with Gasteiger partial charge >= 0.3 is 0 Å². The van der Waals surface area contributed by atoms with Gasteiger partial charge in [0.1, 0.15) is 5.78 Å². The first-order chi connectivity index (χ1) is 14.8. The van der Waals surface area contributed by atoms with Crippen LogP contribution in [0.5, 0.6) is 0 Å². The summed E-state index contributed by atoms with van der Waals surface area (Å²) < 4.78 is 0. The molecule has 4 unspecified atom stereocenters. The van der Waals surface area contributed by atoms with Crippen molar-refractivity contribution in [3.05, 3.63) is 12.2 Å². The molecule has 4 fully saturated rings. The number of fused-ring (bicyclic) bond motifs is 2. The van der Waals surface area contributed by atoms with Crippen LogP contribution in [0.4, 0.5) is 0 Å². The minimum Gasteiger partial charge on any atom is -0.393 e. The first-order valence-corrected chi connectivity index (χ1v) is 13.3. The number of hydrogen-bond acceptors (Lipinski definition) is 3. The Balaban J connectivity index is 1.57.